The Labute approximate surface area is 110 Å². The van der Waals surface area contributed by atoms with Crippen molar-refractivity contribution in [2.75, 3.05) is 13.2 Å². The second-order valence-corrected chi connectivity index (χ2v) is 6.42. The number of carbonyl (C=O) groups is 1. The van der Waals surface area contributed by atoms with E-state index in [2.05, 4.69) is 19.2 Å². The van der Waals surface area contributed by atoms with E-state index in [0.717, 1.165) is 32.1 Å². The number of rotatable bonds is 6. The molecule has 4 nitrogen and oxygen atoms in total. The first-order chi connectivity index (χ1) is 8.31. The van der Waals surface area contributed by atoms with Gasteiger partial charge in [-0.1, -0.05) is 26.7 Å². The standard InChI is InChI=1S/C14H27NO3/c1-11(2)8-14(6-4-5-7-14)12(17)15-9-13(3,18)10-16/h11,16,18H,4-10H2,1-3H3,(H,15,17). The molecule has 0 heterocycles. The van der Waals surface area contributed by atoms with Crippen molar-refractivity contribution < 1.29 is 15.0 Å². The predicted molar refractivity (Wildman–Crippen MR) is 71.1 cm³/mol. The minimum Gasteiger partial charge on any atom is -0.393 e. The minimum absolute atomic E-state index is 0.0439. The summed E-state index contributed by atoms with van der Waals surface area (Å²) in [6.45, 7) is 5.57. The van der Waals surface area contributed by atoms with Crippen LogP contribution in [0.1, 0.15) is 52.9 Å². The Morgan fingerprint density at radius 1 is 1.39 bits per heavy atom. The molecule has 1 saturated carbocycles. The van der Waals surface area contributed by atoms with Crippen LogP contribution < -0.4 is 5.32 Å². The van der Waals surface area contributed by atoms with Crippen LogP contribution in [0, 0.1) is 11.3 Å². The highest BCUT2D eigenvalue weighted by atomic mass is 16.3. The van der Waals surface area contributed by atoms with Crippen molar-refractivity contribution in [2.24, 2.45) is 11.3 Å². The average molecular weight is 257 g/mol. The van der Waals surface area contributed by atoms with Crippen molar-refractivity contribution >= 4 is 5.91 Å². The van der Waals surface area contributed by atoms with E-state index in [0.29, 0.717) is 5.92 Å². The summed E-state index contributed by atoms with van der Waals surface area (Å²) in [5.41, 5.74) is -1.48. The predicted octanol–water partition coefficient (Wildman–Crippen LogP) is 1.45. The number of hydrogen-bond acceptors (Lipinski definition) is 3. The number of nitrogens with one attached hydrogen (secondary N) is 1. The topological polar surface area (TPSA) is 69.6 Å². The molecule has 0 aliphatic heterocycles. The van der Waals surface area contributed by atoms with Gasteiger partial charge in [0.2, 0.25) is 5.91 Å². The van der Waals surface area contributed by atoms with Gasteiger partial charge in [-0.05, 0) is 32.1 Å². The molecule has 1 aliphatic rings. The van der Waals surface area contributed by atoms with Crippen LogP contribution in [-0.4, -0.2) is 34.9 Å². The third kappa shape index (κ3) is 3.95. The van der Waals surface area contributed by atoms with Crippen LogP contribution >= 0.6 is 0 Å². The van der Waals surface area contributed by atoms with E-state index in [1.54, 1.807) is 0 Å². The maximum absolute atomic E-state index is 12.4. The van der Waals surface area contributed by atoms with Crippen LogP contribution in [0.5, 0.6) is 0 Å². The van der Waals surface area contributed by atoms with Crippen molar-refractivity contribution in [3.8, 4) is 0 Å². The number of aliphatic hydroxyl groups is 2. The molecule has 1 aliphatic carbocycles. The number of amides is 1. The summed E-state index contributed by atoms with van der Waals surface area (Å²) < 4.78 is 0. The first kappa shape index (κ1) is 15.4. The molecule has 0 spiro atoms. The smallest absolute Gasteiger partial charge is 0.226 e. The molecule has 0 aromatic carbocycles. The Bertz CT molecular complexity index is 281. The quantitative estimate of drug-likeness (QED) is 0.674. The zero-order valence-corrected chi connectivity index (χ0v) is 11.8. The third-order valence-electron chi connectivity index (χ3n) is 3.81. The van der Waals surface area contributed by atoms with Gasteiger partial charge in [0.1, 0.15) is 5.60 Å². The van der Waals surface area contributed by atoms with Gasteiger partial charge in [0.15, 0.2) is 0 Å². The summed E-state index contributed by atoms with van der Waals surface area (Å²) in [4.78, 5) is 12.4. The highest BCUT2D eigenvalue weighted by Gasteiger charge is 2.41. The van der Waals surface area contributed by atoms with Crippen molar-refractivity contribution in [2.45, 2.75) is 58.5 Å². The lowest BCUT2D eigenvalue weighted by Crippen LogP contribution is -2.48. The lowest BCUT2D eigenvalue weighted by molar-refractivity contribution is -0.133. The first-order valence-corrected chi connectivity index (χ1v) is 6.93. The maximum Gasteiger partial charge on any atom is 0.226 e. The summed E-state index contributed by atoms with van der Waals surface area (Å²) in [7, 11) is 0. The van der Waals surface area contributed by atoms with Gasteiger partial charge in [-0.25, -0.2) is 0 Å². The van der Waals surface area contributed by atoms with E-state index < -0.39 is 5.60 Å². The molecule has 0 saturated heterocycles. The summed E-state index contributed by atoms with van der Waals surface area (Å²) in [5, 5.41) is 21.5. The molecule has 106 valence electrons. The molecule has 1 unspecified atom stereocenters. The van der Waals surface area contributed by atoms with Crippen LogP contribution in [0.3, 0.4) is 0 Å². The Hall–Kier alpha value is -0.610. The highest BCUT2D eigenvalue weighted by molar-refractivity contribution is 5.83. The third-order valence-corrected chi connectivity index (χ3v) is 3.81. The zero-order valence-electron chi connectivity index (χ0n) is 11.8. The van der Waals surface area contributed by atoms with Gasteiger partial charge in [0, 0.05) is 12.0 Å². The van der Waals surface area contributed by atoms with Gasteiger partial charge >= 0.3 is 0 Å². The Balaban J connectivity index is 2.61. The Kier molecular flexibility index (Phi) is 5.17. The van der Waals surface area contributed by atoms with E-state index in [9.17, 15) is 9.90 Å². The van der Waals surface area contributed by atoms with Crippen molar-refractivity contribution in [1.29, 1.82) is 0 Å². The number of hydrogen-bond donors (Lipinski definition) is 3. The SMILES string of the molecule is CC(C)CC1(C(=O)NCC(C)(O)CO)CCCC1. The fourth-order valence-corrected chi connectivity index (χ4v) is 2.87. The number of carbonyl (C=O) groups excluding carboxylic acids is 1. The number of aliphatic hydroxyl groups excluding tert-OH is 1. The van der Waals surface area contributed by atoms with E-state index in [1.807, 2.05) is 0 Å². The molecule has 18 heavy (non-hydrogen) atoms. The van der Waals surface area contributed by atoms with Crippen LogP contribution in [-0.2, 0) is 4.79 Å². The molecular weight excluding hydrogens is 230 g/mol. The minimum atomic E-state index is -1.23. The Morgan fingerprint density at radius 2 is 1.94 bits per heavy atom. The van der Waals surface area contributed by atoms with Crippen LogP contribution in [0.15, 0.2) is 0 Å². The summed E-state index contributed by atoms with van der Waals surface area (Å²) in [6.07, 6.45) is 5.00. The molecule has 0 aromatic heterocycles. The average Bonchev–Trinajstić information content (AvgIpc) is 2.75. The lowest BCUT2D eigenvalue weighted by atomic mass is 9.77. The summed E-state index contributed by atoms with van der Waals surface area (Å²) in [6, 6.07) is 0. The normalized spacial score (nSPS) is 21.9. The van der Waals surface area contributed by atoms with Gasteiger partial charge < -0.3 is 15.5 Å². The largest absolute Gasteiger partial charge is 0.393 e. The molecular formula is C14H27NO3. The van der Waals surface area contributed by atoms with E-state index >= 15 is 0 Å². The molecule has 0 bridgehead atoms. The molecule has 1 rings (SSSR count). The fourth-order valence-electron chi connectivity index (χ4n) is 2.87. The fraction of sp³-hybridized carbons (Fsp3) is 0.929. The van der Waals surface area contributed by atoms with Gasteiger partial charge in [-0.15, -0.1) is 0 Å². The molecule has 0 aromatic rings. The van der Waals surface area contributed by atoms with Crippen molar-refractivity contribution in [3.63, 3.8) is 0 Å². The highest BCUT2D eigenvalue weighted by Crippen LogP contribution is 2.43. The summed E-state index contributed by atoms with van der Waals surface area (Å²) in [5.74, 6) is 0.537. The van der Waals surface area contributed by atoms with E-state index in [-0.39, 0.29) is 24.5 Å². The van der Waals surface area contributed by atoms with Gasteiger partial charge in [0.25, 0.3) is 0 Å². The molecule has 0 radical (unpaired) electrons. The van der Waals surface area contributed by atoms with Crippen LogP contribution in [0.4, 0.5) is 0 Å². The maximum atomic E-state index is 12.4. The molecule has 4 heteroatoms. The first-order valence-electron chi connectivity index (χ1n) is 6.93. The molecule has 1 fully saturated rings. The summed E-state index contributed by atoms with van der Waals surface area (Å²) >= 11 is 0. The lowest BCUT2D eigenvalue weighted by Gasteiger charge is -2.31. The zero-order chi connectivity index (χ0) is 13.8. The Morgan fingerprint density at radius 3 is 2.39 bits per heavy atom. The van der Waals surface area contributed by atoms with E-state index in [4.69, 9.17) is 5.11 Å². The van der Waals surface area contributed by atoms with E-state index in [1.165, 1.54) is 6.92 Å². The monoisotopic (exact) mass is 257 g/mol. The second kappa shape index (κ2) is 6.02. The molecule has 3 N–H and O–H groups in total. The van der Waals surface area contributed by atoms with Gasteiger partial charge in [0.05, 0.1) is 6.61 Å². The van der Waals surface area contributed by atoms with Crippen molar-refractivity contribution in [3.05, 3.63) is 0 Å². The molecule has 1 amide bonds. The molecule has 1 atom stereocenters. The van der Waals surface area contributed by atoms with Gasteiger partial charge in [-0.2, -0.15) is 0 Å². The van der Waals surface area contributed by atoms with Crippen LogP contribution in [0.25, 0.3) is 0 Å². The van der Waals surface area contributed by atoms with Crippen molar-refractivity contribution in [1.82, 2.24) is 5.32 Å². The second-order valence-electron chi connectivity index (χ2n) is 6.42. The van der Waals surface area contributed by atoms with Crippen LogP contribution in [0.2, 0.25) is 0 Å². The van der Waals surface area contributed by atoms with Gasteiger partial charge in [-0.3, -0.25) is 4.79 Å².